The van der Waals surface area contributed by atoms with Gasteiger partial charge in [0.15, 0.2) is 0 Å². The molecule has 2 aromatic carbocycles. The van der Waals surface area contributed by atoms with Crippen molar-refractivity contribution in [2.75, 3.05) is 0 Å². The zero-order chi connectivity index (χ0) is 20.4. The van der Waals surface area contributed by atoms with Gasteiger partial charge in [-0.1, -0.05) is 75.8 Å². The zero-order valence-corrected chi connectivity index (χ0v) is 21.3. The van der Waals surface area contributed by atoms with E-state index in [0.29, 0.717) is 18.6 Å². The molecule has 0 aromatic heterocycles. The maximum Gasteiger partial charge on any atom is 1.00 e. The average molecular weight is 445 g/mol. The van der Waals surface area contributed by atoms with Crippen molar-refractivity contribution in [3.05, 3.63) is 48.0 Å². The fourth-order valence-electron chi connectivity index (χ4n) is 3.20. The predicted octanol–water partition coefficient (Wildman–Crippen LogP) is 2.49. The Morgan fingerprint density at radius 2 is 1.48 bits per heavy atom. The monoisotopic (exact) mass is 444 g/mol. The predicted molar refractivity (Wildman–Crippen MR) is 109 cm³/mol. The second-order valence-electron chi connectivity index (χ2n) is 6.98. The van der Waals surface area contributed by atoms with Crippen molar-refractivity contribution in [1.29, 1.82) is 0 Å². The van der Waals surface area contributed by atoms with Crippen molar-refractivity contribution in [3.63, 3.8) is 0 Å². The fraction of sp³-hybridized carbons (Fsp3) is 0.455. The number of hydrogen-bond donors (Lipinski definition) is 1. The Morgan fingerprint density at radius 1 is 0.897 bits per heavy atom. The van der Waals surface area contributed by atoms with Crippen LogP contribution in [0.3, 0.4) is 0 Å². The standard InChI is InChI=1S/C22H30O5S.K/c1-2-3-4-5-6-7-8-12-15-19-21(28(24,25)26)17-16-20(22(19)23)27-18-13-10-9-11-14-18;/h9-11,13-14,16-17,23H,2-8,12,15H2,1H3,(H,24,25,26);/q;+1/p-1. The summed E-state index contributed by atoms with van der Waals surface area (Å²) in [5.74, 6) is 0.0762. The number of para-hydroxylation sites is 1. The van der Waals surface area contributed by atoms with Crippen molar-refractivity contribution in [2.24, 2.45) is 0 Å². The minimum Gasteiger partial charge on any atom is -0.870 e. The van der Waals surface area contributed by atoms with E-state index in [1.54, 1.807) is 24.3 Å². The van der Waals surface area contributed by atoms with Crippen LogP contribution in [0.4, 0.5) is 0 Å². The van der Waals surface area contributed by atoms with Crippen LogP contribution in [0, 0.1) is 0 Å². The third-order valence-electron chi connectivity index (χ3n) is 4.71. The van der Waals surface area contributed by atoms with Gasteiger partial charge in [0.25, 0.3) is 10.1 Å². The molecule has 0 heterocycles. The first-order valence-electron chi connectivity index (χ1n) is 9.96. The van der Waals surface area contributed by atoms with Crippen molar-refractivity contribution in [2.45, 2.75) is 69.6 Å². The second-order valence-corrected chi connectivity index (χ2v) is 8.37. The first kappa shape index (κ1) is 26.6. The molecule has 0 atom stereocenters. The van der Waals surface area contributed by atoms with Gasteiger partial charge in [0.2, 0.25) is 0 Å². The molecule has 0 fully saturated rings. The average Bonchev–Trinajstić information content (AvgIpc) is 2.66. The van der Waals surface area contributed by atoms with Gasteiger partial charge in [0, 0.05) is 0 Å². The Balaban J connectivity index is 0.00000420. The summed E-state index contributed by atoms with van der Waals surface area (Å²) >= 11 is 0. The number of hydrogen-bond acceptors (Lipinski definition) is 4. The largest absolute Gasteiger partial charge is 1.00 e. The normalized spacial score (nSPS) is 11.1. The molecule has 0 unspecified atom stereocenters. The van der Waals surface area contributed by atoms with Crippen molar-refractivity contribution >= 4 is 10.1 Å². The minimum atomic E-state index is -4.46. The molecule has 2 rings (SSSR count). The minimum absolute atomic E-state index is 0. The summed E-state index contributed by atoms with van der Waals surface area (Å²) in [6, 6.07) is 11.4. The van der Waals surface area contributed by atoms with E-state index < -0.39 is 15.9 Å². The van der Waals surface area contributed by atoms with E-state index in [9.17, 15) is 18.1 Å². The molecule has 2 aromatic rings. The molecule has 0 aliphatic carbocycles. The first-order valence-corrected chi connectivity index (χ1v) is 11.4. The van der Waals surface area contributed by atoms with Crippen LogP contribution in [0.5, 0.6) is 17.2 Å². The molecule has 0 saturated heterocycles. The smallest absolute Gasteiger partial charge is 0.870 e. The summed E-state index contributed by atoms with van der Waals surface area (Å²) in [5, 5.41) is 12.8. The molecule has 0 radical (unpaired) electrons. The van der Waals surface area contributed by atoms with E-state index in [4.69, 9.17) is 4.74 Å². The van der Waals surface area contributed by atoms with Gasteiger partial charge >= 0.3 is 51.4 Å². The van der Waals surface area contributed by atoms with Crippen LogP contribution in [0.15, 0.2) is 47.4 Å². The summed E-state index contributed by atoms with van der Waals surface area (Å²) in [6.07, 6.45) is 9.03. The van der Waals surface area contributed by atoms with Gasteiger partial charge in [0.1, 0.15) is 11.5 Å². The van der Waals surface area contributed by atoms with Crippen LogP contribution >= 0.6 is 0 Å². The van der Waals surface area contributed by atoms with Gasteiger partial charge < -0.3 is 9.84 Å². The van der Waals surface area contributed by atoms with Crippen LogP contribution in [0.25, 0.3) is 0 Å². The second kappa shape index (κ2) is 13.8. The summed E-state index contributed by atoms with van der Waals surface area (Å²) in [5.41, 5.74) is 0.0990. The SMILES string of the molecule is CCCCCCCCCCc1c(S(=O)(=O)O)ccc(Oc2ccccc2)c1[O-].[K+]. The molecule has 0 saturated carbocycles. The molecule has 0 amide bonds. The summed E-state index contributed by atoms with van der Waals surface area (Å²) in [7, 11) is -4.46. The van der Waals surface area contributed by atoms with E-state index in [0.717, 1.165) is 19.3 Å². The van der Waals surface area contributed by atoms with E-state index in [-0.39, 0.29) is 67.6 Å². The summed E-state index contributed by atoms with van der Waals surface area (Å²) in [6.45, 7) is 2.18. The first-order chi connectivity index (χ1) is 13.4. The quantitative estimate of drug-likeness (QED) is 0.309. The van der Waals surface area contributed by atoms with Crippen molar-refractivity contribution in [3.8, 4) is 17.2 Å². The molecule has 29 heavy (non-hydrogen) atoms. The third kappa shape index (κ3) is 9.08. The Hall–Kier alpha value is -0.414. The molecule has 0 aliphatic rings. The zero-order valence-electron chi connectivity index (χ0n) is 17.4. The van der Waals surface area contributed by atoms with Crippen LogP contribution in [0.2, 0.25) is 0 Å². The Morgan fingerprint density at radius 3 is 2.07 bits per heavy atom. The molecule has 0 spiro atoms. The molecule has 5 nitrogen and oxygen atoms in total. The van der Waals surface area contributed by atoms with Gasteiger partial charge in [-0.25, -0.2) is 0 Å². The molecule has 1 N–H and O–H groups in total. The summed E-state index contributed by atoms with van der Waals surface area (Å²) < 4.78 is 38.5. The number of unbranched alkanes of at least 4 members (excludes halogenated alkanes) is 7. The third-order valence-corrected chi connectivity index (χ3v) is 5.65. The fourth-order valence-corrected chi connectivity index (χ4v) is 3.94. The van der Waals surface area contributed by atoms with Crippen LogP contribution in [0.1, 0.15) is 63.9 Å². The van der Waals surface area contributed by atoms with Crippen LogP contribution in [-0.2, 0) is 16.5 Å². The Kier molecular flexibility index (Phi) is 12.7. The maximum atomic E-state index is 12.8. The van der Waals surface area contributed by atoms with Crippen molar-refractivity contribution in [1.82, 2.24) is 0 Å². The van der Waals surface area contributed by atoms with E-state index >= 15 is 0 Å². The Bertz CT molecular complexity index is 838. The van der Waals surface area contributed by atoms with Gasteiger partial charge in [-0.15, -0.1) is 0 Å². The summed E-state index contributed by atoms with van der Waals surface area (Å²) in [4.78, 5) is -0.319. The molecule has 154 valence electrons. The number of benzene rings is 2. The molecular weight excluding hydrogens is 415 g/mol. The molecular formula is C22H29KO5S. The number of ether oxygens (including phenoxy) is 1. The number of rotatable bonds is 12. The van der Waals surface area contributed by atoms with Crippen LogP contribution in [-0.4, -0.2) is 13.0 Å². The van der Waals surface area contributed by atoms with E-state index in [2.05, 4.69) is 6.92 Å². The molecule has 0 aliphatic heterocycles. The van der Waals surface area contributed by atoms with Gasteiger partial charge in [0.05, 0.1) is 4.90 Å². The van der Waals surface area contributed by atoms with Crippen LogP contribution < -0.4 is 61.2 Å². The van der Waals surface area contributed by atoms with E-state index in [1.165, 1.54) is 37.8 Å². The van der Waals surface area contributed by atoms with Gasteiger partial charge in [-0.3, -0.25) is 4.55 Å². The Labute approximate surface area is 217 Å². The molecule has 7 heteroatoms. The topological polar surface area (TPSA) is 86.7 Å². The maximum absolute atomic E-state index is 12.8. The van der Waals surface area contributed by atoms with Gasteiger partial charge in [-0.05, 0) is 42.7 Å². The molecule has 0 bridgehead atoms. The van der Waals surface area contributed by atoms with Crippen molar-refractivity contribution < 1.29 is 74.2 Å². The van der Waals surface area contributed by atoms with E-state index in [1.807, 2.05) is 6.07 Å². The van der Waals surface area contributed by atoms with Gasteiger partial charge in [-0.2, -0.15) is 8.42 Å².